The second-order valence-electron chi connectivity index (χ2n) is 6.36. The molecule has 1 aromatic carbocycles. The summed E-state index contributed by atoms with van der Waals surface area (Å²) < 4.78 is 0. The molecule has 1 heterocycles. The minimum absolute atomic E-state index is 0.253. The van der Waals surface area contributed by atoms with Gasteiger partial charge >= 0.3 is 0 Å². The Bertz CT molecular complexity index is 434. The second-order valence-corrected chi connectivity index (χ2v) is 6.36. The molecule has 0 atom stereocenters. The van der Waals surface area contributed by atoms with Gasteiger partial charge in [-0.25, -0.2) is 0 Å². The van der Waals surface area contributed by atoms with Crippen LogP contribution in [0.1, 0.15) is 38.7 Å². The zero-order valence-electron chi connectivity index (χ0n) is 14.1. The van der Waals surface area contributed by atoms with Gasteiger partial charge in [0.2, 0.25) is 0 Å². The Balaban J connectivity index is 1.83. The number of benzene rings is 1. The molecular formula is C19H30N2O. The molecule has 0 bridgehead atoms. The van der Waals surface area contributed by atoms with Crippen LogP contribution < -0.4 is 0 Å². The number of aldehydes is 1. The van der Waals surface area contributed by atoms with Gasteiger partial charge in [-0.1, -0.05) is 44.2 Å². The van der Waals surface area contributed by atoms with Crippen molar-refractivity contribution in [3.05, 3.63) is 35.9 Å². The molecule has 3 nitrogen and oxygen atoms in total. The molecule has 0 N–H and O–H groups in total. The molecule has 22 heavy (non-hydrogen) atoms. The van der Waals surface area contributed by atoms with Crippen LogP contribution in [0.15, 0.2) is 30.3 Å². The fraction of sp³-hybridized carbons (Fsp3) is 0.632. The first-order valence-electron chi connectivity index (χ1n) is 8.70. The lowest BCUT2D eigenvalue weighted by molar-refractivity contribution is -0.114. The summed E-state index contributed by atoms with van der Waals surface area (Å²) in [6.07, 6.45) is 4.31. The summed E-state index contributed by atoms with van der Waals surface area (Å²) in [5, 5.41) is 0. The number of carbonyl (C=O) groups excluding carboxylic acids is 1. The molecule has 3 heteroatoms. The van der Waals surface area contributed by atoms with Gasteiger partial charge in [0.05, 0.1) is 5.41 Å². The van der Waals surface area contributed by atoms with Gasteiger partial charge in [0.15, 0.2) is 0 Å². The number of rotatable bonds is 8. The minimum Gasteiger partial charge on any atom is -0.304 e. The lowest BCUT2D eigenvalue weighted by atomic mass is 9.74. The number of hydrogen-bond acceptors (Lipinski definition) is 3. The fourth-order valence-electron chi connectivity index (χ4n) is 3.48. The zero-order chi connectivity index (χ0) is 15.8. The van der Waals surface area contributed by atoms with Crippen molar-refractivity contribution in [1.29, 1.82) is 0 Å². The molecule has 1 aliphatic rings. The monoisotopic (exact) mass is 302 g/mol. The van der Waals surface area contributed by atoms with Crippen molar-refractivity contribution in [1.82, 2.24) is 9.80 Å². The highest BCUT2D eigenvalue weighted by atomic mass is 16.1. The Labute approximate surface area is 135 Å². The molecule has 122 valence electrons. The van der Waals surface area contributed by atoms with Crippen molar-refractivity contribution in [2.45, 2.75) is 38.5 Å². The smallest absolute Gasteiger partial charge is 0.130 e. The summed E-state index contributed by atoms with van der Waals surface area (Å²) in [6, 6.07) is 10.3. The highest BCUT2D eigenvalue weighted by Gasteiger charge is 2.35. The summed E-state index contributed by atoms with van der Waals surface area (Å²) in [5.41, 5.74) is 0.934. The maximum atomic E-state index is 11.7. The van der Waals surface area contributed by atoms with E-state index in [0.717, 1.165) is 45.6 Å². The minimum atomic E-state index is -0.253. The van der Waals surface area contributed by atoms with E-state index in [1.807, 2.05) is 18.2 Å². The van der Waals surface area contributed by atoms with Crippen molar-refractivity contribution in [2.24, 2.45) is 0 Å². The average Bonchev–Trinajstić information content (AvgIpc) is 2.60. The quantitative estimate of drug-likeness (QED) is 0.690. The number of hydrogen-bond donors (Lipinski definition) is 0. The van der Waals surface area contributed by atoms with E-state index in [1.165, 1.54) is 24.8 Å². The summed E-state index contributed by atoms with van der Waals surface area (Å²) in [5.74, 6) is 0. The molecule has 0 aromatic heterocycles. The first kappa shape index (κ1) is 17.2. The van der Waals surface area contributed by atoms with Crippen LogP contribution in [0.4, 0.5) is 0 Å². The van der Waals surface area contributed by atoms with Crippen LogP contribution in [-0.2, 0) is 10.2 Å². The topological polar surface area (TPSA) is 23.6 Å². The normalized spacial score (nSPS) is 18.5. The van der Waals surface area contributed by atoms with Gasteiger partial charge in [0, 0.05) is 0 Å². The molecule has 0 unspecified atom stereocenters. The van der Waals surface area contributed by atoms with E-state index in [9.17, 15) is 4.79 Å². The van der Waals surface area contributed by atoms with Gasteiger partial charge in [0.1, 0.15) is 6.29 Å². The van der Waals surface area contributed by atoms with Crippen LogP contribution in [0, 0.1) is 0 Å². The molecule has 0 aliphatic carbocycles. The average molecular weight is 302 g/mol. The summed E-state index contributed by atoms with van der Waals surface area (Å²) >= 11 is 0. The van der Waals surface area contributed by atoms with Crippen molar-refractivity contribution in [2.75, 3.05) is 39.3 Å². The van der Waals surface area contributed by atoms with Crippen LogP contribution in [0.2, 0.25) is 0 Å². The maximum absolute atomic E-state index is 11.7. The predicted octanol–water partition coefficient (Wildman–Crippen LogP) is 2.95. The molecule has 1 aromatic rings. The number of carbonyl (C=O) groups is 1. The van der Waals surface area contributed by atoms with Gasteiger partial charge in [-0.3, -0.25) is 0 Å². The van der Waals surface area contributed by atoms with Crippen LogP contribution in [0.5, 0.6) is 0 Å². The molecule has 1 aliphatic heterocycles. The Morgan fingerprint density at radius 1 is 1.14 bits per heavy atom. The Hall–Kier alpha value is -1.19. The van der Waals surface area contributed by atoms with E-state index in [0.29, 0.717) is 0 Å². The first-order chi connectivity index (χ1) is 10.7. The van der Waals surface area contributed by atoms with E-state index in [1.54, 1.807) is 0 Å². The van der Waals surface area contributed by atoms with Crippen LogP contribution in [0.25, 0.3) is 0 Å². The highest BCUT2D eigenvalue weighted by Crippen LogP contribution is 2.33. The predicted molar refractivity (Wildman–Crippen MR) is 92.3 cm³/mol. The van der Waals surface area contributed by atoms with Crippen LogP contribution in [-0.4, -0.2) is 55.4 Å². The number of nitrogens with zero attached hydrogens (tertiary/aromatic N) is 2. The largest absolute Gasteiger partial charge is 0.304 e. The van der Waals surface area contributed by atoms with Gasteiger partial charge in [0.25, 0.3) is 0 Å². The molecule has 0 saturated carbocycles. The molecule has 0 radical (unpaired) electrons. The molecule has 0 spiro atoms. The van der Waals surface area contributed by atoms with Gasteiger partial charge in [-0.15, -0.1) is 0 Å². The van der Waals surface area contributed by atoms with E-state index in [-0.39, 0.29) is 5.41 Å². The van der Waals surface area contributed by atoms with Gasteiger partial charge < -0.3 is 14.6 Å². The molecule has 0 amide bonds. The summed E-state index contributed by atoms with van der Waals surface area (Å²) in [4.78, 5) is 16.7. The fourth-order valence-corrected chi connectivity index (χ4v) is 3.48. The lowest BCUT2D eigenvalue weighted by Gasteiger charge is -2.38. The summed E-state index contributed by atoms with van der Waals surface area (Å²) in [6.45, 7) is 11.1. The van der Waals surface area contributed by atoms with Crippen LogP contribution >= 0.6 is 0 Å². The lowest BCUT2D eigenvalue weighted by Crippen LogP contribution is -2.44. The number of piperidine rings is 1. The molecular weight excluding hydrogens is 272 g/mol. The van der Waals surface area contributed by atoms with Crippen molar-refractivity contribution in [3.8, 4) is 0 Å². The number of likely N-dealkylation sites (tertiary alicyclic amines) is 1. The maximum Gasteiger partial charge on any atom is 0.130 e. The second kappa shape index (κ2) is 8.44. The van der Waals surface area contributed by atoms with Gasteiger partial charge in [-0.2, -0.15) is 0 Å². The van der Waals surface area contributed by atoms with E-state index >= 15 is 0 Å². The molecule has 2 rings (SSSR count). The standard InChI is InChI=1S/C19H30N2O/c1-3-20(4-2)13-8-14-21-15-11-19(17-22,12-16-21)18-9-6-5-7-10-18/h5-7,9-10,17H,3-4,8,11-16H2,1-2H3. The van der Waals surface area contributed by atoms with Crippen molar-refractivity contribution >= 4 is 6.29 Å². The van der Waals surface area contributed by atoms with E-state index in [4.69, 9.17) is 0 Å². The van der Waals surface area contributed by atoms with Crippen molar-refractivity contribution in [3.63, 3.8) is 0 Å². The van der Waals surface area contributed by atoms with Crippen molar-refractivity contribution < 1.29 is 4.79 Å². The summed E-state index contributed by atoms with van der Waals surface area (Å²) in [7, 11) is 0. The SMILES string of the molecule is CCN(CC)CCCN1CCC(C=O)(c2ccccc2)CC1. The third-order valence-electron chi connectivity index (χ3n) is 5.17. The highest BCUT2D eigenvalue weighted by molar-refractivity contribution is 5.68. The Morgan fingerprint density at radius 3 is 2.32 bits per heavy atom. The third kappa shape index (κ3) is 4.17. The molecule has 1 saturated heterocycles. The van der Waals surface area contributed by atoms with Crippen LogP contribution in [0.3, 0.4) is 0 Å². The Morgan fingerprint density at radius 2 is 1.77 bits per heavy atom. The van der Waals surface area contributed by atoms with E-state index in [2.05, 4.69) is 35.8 Å². The first-order valence-corrected chi connectivity index (χ1v) is 8.70. The molecule has 1 fully saturated rings. The van der Waals surface area contributed by atoms with Gasteiger partial charge in [-0.05, 0) is 64.1 Å². The zero-order valence-corrected chi connectivity index (χ0v) is 14.1. The Kier molecular flexibility index (Phi) is 6.59. The third-order valence-corrected chi connectivity index (χ3v) is 5.17. The van der Waals surface area contributed by atoms with E-state index < -0.39 is 0 Å².